The molecule has 0 saturated carbocycles. The van der Waals surface area contributed by atoms with Crippen LogP contribution in [0.4, 0.5) is 0 Å². The highest BCUT2D eigenvalue weighted by Crippen LogP contribution is 2.18. The van der Waals surface area contributed by atoms with Gasteiger partial charge in [-0.2, -0.15) is 0 Å². The first-order chi connectivity index (χ1) is 13.4. The maximum Gasteiger partial charge on any atom is 0.414 e. The lowest BCUT2D eigenvalue weighted by Gasteiger charge is -2.32. The maximum atomic E-state index is 9.10. The Morgan fingerprint density at radius 3 is 2.32 bits per heavy atom. The number of para-hydroxylation sites is 1. The maximum absolute atomic E-state index is 9.10. The van der Waals surface area contributed by atoms with Crippen LogP contribution < -0.4 is 4.74 Å². The fourth-order valence-electron chi connectivity index (χ4n) is 2.55. The first kappa shape index (κ1) is 23.6. The Morgan fingerprint density at radius 2 is 1.71 bits per heavy atom. The number of likely N-dealkylation sites (N-methyl/N-ethyl adjacent to an activating group) is 1. The predicted molar refractivity (Wildman–Crippen MR) is 106 cm³/mol. The Hall–Kier alpha value is -2.42. The van der Waals surface area contributed by atoms with E-state index in [0.717, 1.165) is 51.5 Å². The summed E-state index contributed by atoms with van der Waals surface area (Å²) >= 11 is 0. The van der Waals surface area contributed by atoms with E-state index in [1.807, 2.05) is 24.3 Å². The van der Waals surface area contributed by atoms with Gasteiger partial charge in [0.1, 0.15) is 12.4 Å². The van der Waals surface area contributed by atoms with Gasteiger partial charge in [-0.25, -0.2) is 9.59 Å². The predicted octanol–water partition coefficient (Wildman–Crippen LogP) is 1.21. The van der Waals surface area contributed by atoms with Crippen LogP contribution in [0.1, 0.15) is 5.56 Å². The molecule has 8 nitrogen and oxygen atoms in total. The first-order valence-electron chi connectivity index (χ1n) is 9.20. The third-order valence-corrected chi connectivity index (χ3v) is 4.15. The summed E-state index contributed by atoms with van der Waals surface area (Å²) in [6.07, 6.45) is 2.73. The van der Waals surface area contributed by atoms with Crippen LogP contribution >= 0.6 is 0 Å². The summed E-state index contributed by atoms with van der Waals surface area (Å²) in [5, 5.41) is 14.8. The fourth-order valence-corrected chi connectivity index (χ4v) is 2.55. The number of hydrogen-bond donors (Lipinski definition) is 2. The Morgan fingerprint density at radius 1 is 1.07 bits per heavy atom. The molecule has 1 aliphatic heterocycles. The second-order valence-electron chi connectivity index (χ2n) is 6.32. The summed E-state index contributed by atoms with van der Waals surface area (Å²) in [6.45, 7) is 11.4. The second-order valence-corrected chi connectivity index (χ2v) is 6.32. The number of benzene rings is 1. The normalized spacial score (nSPS) is 14.6. The third-order valence-electron chi connectivity index (χ3n) is 4.15. The standard InChI is InChI=1S/C18H28N2O2.C2H2O4/c1-3-6-17-7-4-5-8-18(17)22-16-15-21-14-13-20-11-9-19(2)10-12-20;3-1(4)2(5)6/h3-5,7-8H,1,6,9-16H2,2H3;(H,3,4)(H,5,6). The quantitative estimate of drug-likeness (QED) is 0.366. The smallest absolute Gasteiger partial charge is 0.414 e. The van der Waals surface area contributed by atoms with Crippen LogP contribution in [-0.4, -0.2) is 91.5 Å². The van der Waals surface area contributed by atoms with Gasteiger partial charge in [0.2, 0.25) is 0 Å². The summed E-state index contributed by atoms with van der Waals surface area (Å²) in [5.41, 5.74) is 1.18. The number of hydrogen-bond acceptors (Lipinski definition) is 6. The largest absolute Gasteiger partial charge is 0.491 e. The molecule has 1 aromatic rings. The van der Waals surface area contributed by atoms with Crippen molar-refractivity contribution in [1.29, 1.82) is 0 Å². The molecule has 1 saturated heterocycles. The van der Waals surface area contributed by atoms with Gasteiger partial charge >= 0.3 is 11.9 Å². The molecular formula is C20H30N2O6. The molecule has 0 aromatic heterocycles. The molecule has 2 N–H and O–H groups in total. The van der Waals surface area contributed by atoms with Gasteiger partial charge in [0.25, 0.3) is 0 Å². The monoisotopic (exact) mass is 394 g/mol. The van der Waals surface area contributed by atoms with Gasteiger partial charge in [0, 0.05) is 32.7 Å². The average molecular weight is 394 g/mol. The number of carboxylic acids is 2. The van der Waals surface area contributed by atoms with Crippen LogP contribution in [0.15, 0.2) is 36.9 Å². The van der Waals surface area contributed by atoms with Gasteiger partial charge in [-0.15, -0.1) is 6.58 Å². The van der Waals surface area contributed by atoms with Gasteiger partial charge in [0.05, 0.1) is 13.2 Å². The van der Waals surface area contributed by atoms with E-state index in [2.05, 4.69) is 29.5 Å². The van der Waals surface area contributed by atoms with E-state index < -0.39 is 11.9 Å². The van der Waals surface area contributed by atoms with Gasteiger partial charge in [0.15, 0.2) is 0 Å². The SMILES string of the molecule is C=CCc1ccccc1OCCOCCN1CCN(C)CC1.O=C(O)C(=O)O. The zero-order valence-electron chi connectivity index (χ0n) is 16.4. The van der Waals surface area contributed by atoms with E-state index in [9.17, 15) is 0 Å². The summed E-state index contributed by atoms with van der Waals surface area (Å²) in [7, 11) is 2.18. The highest BCUT2D eigenvalue weighted by Gasteiger charge is 2.12. The molecule has 2 rings (SSSR count). The van der Waals surface area contributed by atoms with Crippen LogP contribution in [0.2, 0.25) is 0 Å². The number of allylic oxidation sites excluding steroid dienone is 1. The molecule has 1 heterocycles. The molecule has 0 amide bonds. The second kappa shape index (κ2) is 13.7. The molecule has 0 radical (unpaired) electrons. The van der Waals surface area contributed by atoms with Crippen LogP contribution in [0.25, 0.3) is 0 Å². The zero-order valence-corrected chi connectivity index (χ0v) is 16.4. The van der Waals surface area contributed by atoms with Crippen LogP contribution in [0.3, 0.4) is 0 Å². The van der Waals surface area contributed by atoms with E-state index in [1.54, 1.807) is 0 Å². The summed E-state index contributed by atoms with van der Waals surface area (Å²) in [6, 6.07) is 8.10. The molecule has 156 valence electrons. The van der Waals surface area contributed by atoms with Crippen molar-refractivity contribution in [2.45, 2.75) is 6.42 Å². The number of ether oxygens (including phenoxy) is 2. The van der Waals surface area contributed by atoms with Crippen molar-refractivity contribution < 1.29 is 29.3 Å². The van der Waals surface area contributed by atoms with Gasteiger partial charge in [-0.1, -0.05) is 24.3 Å². The Balaban J connectivity index is 0.000000568. The summed E-state index contributed by atoms with van der Waals surface area (Å²) in [5.74, 6) is -2.71. The Kier molecular flexibility index (Phi) is 11.6. The molecule has 0 atom stereocenters. The molecule has 0 bridgehead atoms. The van der Waals surface area contributed by atoms with E-state index in [1.165, 1.54) is 5.56 Å². The molecule has 0 spiro atoms. The number of piperazine rings is 1. The molecule has 1 aromatic carbocycles. The third kappa shape index (κ3) is 10.1. The highest BCUT2D eigenvalue weighted by atomic mass is 16.5. The molecule has 1 fully saturated rings. The minimum atomic E-state index is -1.82. The van der Waals surface area contributed by atoms with Gasteiger partial charge < -0.3 is 24.6 Å². The number of aliphatic carboxylic acids is 2. The van der Waals surface area contributed by atoms with Crippen molar-refractivity contribution in [2.24, 2.45) is 0 Å². The van der Waals surface area contributed by atoms with Crippen molar-refractivity contribution in [2.75, 3.05) is 59.6 Å². The molecule has 28 heavy (non-hydrogen) atoms. The molecule has 0 unspecified atom stereocenters. The first-order valence-corrected chi connectivity index (χ1v) is 9.20. The lowest BCUT2D eigenvalue weighted by Crippen LogP contribution is -2.45. The number of carbonyl (C=O) groups is 2. The van der Waals surface area contributed by atoms with Crippen molar-refractivity contribution >= 4 is 11.9 Å². The topological polar surface area (TPSA) is 99.5 Å². The lowest BCUT2D eigenvalue weighted by molar-refractivity contribution is -0.159. The van der Waals surface area contributed by atoms with Crippen LogP contribution in [-0.2, 0) is 20.7 Å². The highest BCUT2D eigenvalue weighted by molar-refractivity contribution is 6.27. The van der Waals surface area contributed by atoms with Gasteiger partial charge in [-0.3, -0.25) is 4.90 Å². The number of carboxylic acid groups (broad SMARTS) is 2. The Bertz CT molecular complexity index is 602. The minimum absolute atomic E-state index is 0.594. The van der Waals surface area contributed by atoms with E-state index in [4.69, 9.17) is 29.3 Å². The average Bonchev–Trinajstić information content (AvgIpc) is 2.68. The molecule has 8 heteroatoms. The molecule has 1 aliphatic rings. The summed E-state index contributed by atoms with van der Waals surface area (Å²) < 4.78 is 11.5. The van der Waals surface area contributed by atoms with Crippen molar-refractivity contribution in [3.63, 3.8) is 0 Å². The summed E-state index contributed by atoms with van der Waals surface area (Å²) in [4.78, 5) is 23.0. The number of nitrogens with zero attached hydrogens (tertiary/aromatic N) is 2. The van der Waals surface area contributed by atoms with E-state index in [-0.39, 0.29) is 0 Å². The Labute approximate surface area is 166 Å². The van der Waals surface area contributed by atoms with Crippen molar-refractivity contribution in [1.82, 2.24) is 9.80 Å². The van der Waals surface area contributed by atoms with Crippen molar-refractivity contribution in [3.8, 4) is 5.75 Å². The van der Waals surface area contributed by atoms with Gasteiger partial charge in [-0.05, 0) is 25.1 Å². The lowest BCUT2D eigenvalue weighted by atomic mass is 10.1. The molecule has 0 aliphatic carbocycles. The molecular weight excluding hydrogens is 364 g/mol. The van der Waals surface area contributed by atoms with Crippen LogP contribution in [0, 0.1) is 0 Å². The minimum Gasteiger partial charge on any atom is -0.491 e. The van der Waals surface area contributed by atoms with Crippen LogP contribution in [0.5, 0.6) is 5.75 Å². The zero-order chi connectivity index (χ0) is 20.8. The van der Waals surface area contributed by atoms with E-state index in [0.29, 0.717) is 13.2 Å². The van der Waals surface area contributed by atoms with E-state index >= 15 is 0 Å². The fraction of sp³-hybridized carbons (Fsp3) is 0.500. The van der Waals surface area contributed by atoms with Crippen molar-refractivity contribution in [3.05, 3.63) is 42.5 Å². The number of rotatable bonds is 9.